The summed E-state index contributed by atoms with van der Waals surface area (Å²) in [5, 5.41) is 3.72. The second-order valence-corrected chi connectivity index (χ2v) is 7.34. The van der Waals surface area contributed by atoms with Crippen LogP contribution < -0.4 is 5.32 Å². The van der Waals surface area contributed by atoms with Crippen molar-refractivity contribution < 1.29 is 9.59 Å². The maximum absolute atomic E-state index is 12.4. The Balaban J connectivity index is 2.06. The van der Waals surface area contributed by atoms with E-state index in [1.165, 1.54) is 23.9 Å². The summed E-state index contributed by atoms with van der Waals surface area (Å²) in [4.78, 5) is 30.5. The van der Waals surface area contributed by atoms with Gasteiger partial charge < -0.3 is 5.32 Å². The van der Waals surface area contributed by atoms with Crippen LogP contribution in [0.2, 0.25) is 15.1 Å². The first-order chi connectivity index (χ1) is 11.4. The van der Waals surface area contributed by atoms with Gasteiger partial charge in [0.05, 0.1) is 20.8 Å². The molecule has 1 atom stereocenters. The maximum Gasteiger partial charge on any atom is 0.242 e. The molecule has 0 aromatic heterocycles. The van der Waals surface area contributed by atoms with Gasteiger partial charge in [-0.25, -0.2) is 0 Å². The second-order valence-electron chi connectivity index (χ2n) is 4.94. The molecule has 130 valence electrons. The molecule has 1 N–H and O–H groups in total. The Morgan fingerprint density at radius 3 is 2.54 bits per heavy atom. The van der Waals surface area contributed by atoms with Crippen LogP contribution in [0.25, 0.3) is 0 Å². The van der Waals surface area contributed by atoms with Gasteiger partial charge in [0.1, 0.15) is 5.25 Å². The lowest BCUT2D eigenvalue weighted by Gasteiger charge is -2.13. The lowest BCUT2D eigenvalue weighted by molar-refractivity contribution is -0.128. The number of hydrogen-bond acceptors (Lipinski definition) is 4. The molecule has 0 unspecified atom stereocenters. The number of thioether (sulfide) groups is 1. The molecule has 1 fully saturated rings. The van der Waals surface area contributed by atoms with E-state index in [2.05, 4.69) is 10.3 Å². The summed E-state index contributed by atoms with van der Waals surface area (Å²) in [6.45, 7) is 4.89. The molecule has 24 heavy (non-hydrogen) atoms. The Bertz CT molecular complexity index is 697. The number of halogens is 3. The third kappa shape index (κ3) is 4.36. The Hall–Kier alpha value is -0.950. The Kier molecular flexibility index (Phi) is 6.80. The molecule has 0 radical (unpaired) electrons. The quantitative estimate of drug-likeness (QED) is 0.738. The predicted molar refractivity (Wildman–Crippen MR) is 101 cm³/mol. The van der Waals surface area contributed by atoms with Crippen molar-refractivity contribution in [2.24, 2.45) is 4.99 Å². The number of nitrogens with zero attached hydrogens (tertiary/aromatic N) is 2. The van der Waals surface area contributed by atoms with E-state index in [1.807, 2.05) is 13.8 Å². The van der Waals surface area contributed by atoms with Crippen LogP contribution in [0, 0.1) is 0 Å². The number of carbonyl (C=O) groups excluding carboxylic acids is 2. The number of carbonyl (C=O) groups is 2. The zero-order valence-corrected chi connectivity index (χ0v) is 16.2. The molecule has 1 heterocycles. The summed E-state index contributed by atoms with van der Waals surface area (Å²) in [6, 6.07) is 2.94. The van der Waals surface area contributed by atoms with Crippen LogP contribution in [0.1, 0.15) is 20.3 Å². The molecule has 2 amide bonds. The summed E-state index contributed by atoms with van der Waals surface area (Å²) < 4.78 is 0. The summed E-state index contributed by atoms with van der Waals surface area (Å²) >= 11 is 19.1. The smallest absolute Gasteiger partial charge is 0.242 e. The van der Waals surface area contributed by atoms with Gasteiger partial charge in [-0.2, -0.15) is 0 Å². The fourth-order valence-corrected chi connectivity index (χ4v) is 4.04. The summed E-state index contributed by atoms with van der Waals surface area (Å²) in [6.07, 6.45) is 0.0271. The van der Waals surface area contributed by atoms with Crippen molar-refractivity contribution in [1.82, 2.24) is 4.90 Å². The van der Waals surface area contributed by atoms with E-state index in [4.69, 9.17) is 34.8 Å². The normalized spacial score (nSPS) is 19.2. The zero-order chi connectivity index (χ0) is 17.9. The molecule has 0 bridgehead atoms. The highest BCUT2D eigenvalue weighted by atomic mass is 35.5. The van der Waals surface area contributed by atoms with Crippen LogP contribution in [0.4, 0.5) is 5.69 Å². The highest BCUT2D eigenvalue weighted by Crippen LogP contribution is 2.33. The molecule has 9 heteroatoms. The average molecular weight is 409 g/mol. The predicted octanol–water partition coefficient (Wildman–Crippen LogP) is 4.32. The molecule has 1 aliphatic rings. The molecule has 1 aliphatic heterocycles. The lowest BCUT2D eigenvalue weighted by Crippen LogP contribution is -2.33. The molecular weight excluding hydrogens is 393 g/mol. The van der Waals surface area contributed by atoms with Crippen LogP contribution in [0.3, 0.4) is 0 Å². The van der Waals surface area contributed by atoms with Gasteiger partial charge >= 0.3 is 0 Å². The number of rotatable bonds is 5. The van der Waals surface area contributed by atoms with Gasteiger partial charge in [0.2, 0.25) is 11.8 Å². The molecule has 1 aromatic rings. The largest absolute Gasteiger partial charge is 0.325 e. The first kappa shape index (κ1) is 19.4. The van der Waals surface area contributed by atoms with Crippen LogP contribution in [-0.4, -0.2) is 40.2 Å². The molecule has 2 rings (SSSR count). The van der Waals surface area contributed by atoms with E-state index in [0.29, 0.717) is 29.0 Å². The average Bonchev–Trinajstić information content (AvgIpc) is 2.80. The standard InChI is InChI=1S/C15H16Cl3N3O2S/c1-3-19-15-21(4-2)14(23)12(24-15)7-13(22)20-11-6-9(17)8(16)5-10(11)18/h5-6,12H,3-4,7H2,1-2H3,(H,20,22)/t12-/m0/s1. The van der Waals surface area contributed by atoms with Crippen LogP contribution in [0.5, 0.6) is 0 Å². The first-order valence-electron chi connectivity index (χ1n) is 7.34. The second kappa shape index (κ2) is 8.43. The van der Waals surface area contributed by atoms with Gasteiger partial charge in [0, 0.05) is 19.5 Å². The number of benzene rings is 1. The number of hydrogen-bond donors (Lipinski definition) is 1. The molecule has 1 saturated heterocycles. The minimum Gasteiger partial charge on any atom is -0.325 e. The minimum atomic E-state index is -0.489. The molecule has 5 nitrogen and oxygen atoms in total. The van der Waals surface area contributed by atoms with Gasteiger partial charge in [0.25, 0.3) is 0 Å². The van der Waals surface area contributed by atoms with E-state index in [1.54, 1.807) is 4.90 Å². The fourth-order valence-electron chi connectivity index (χ4n) is 2.18. The Labute approximate surface area is 159 Å². The van der Waals surface area contributed by atoms with Crippen molar-refractivity contribution in [3.63, 3.8) is 0 Å². The van der Waals surface area contributed by atoms with Gasteiger partial charge in [-0.1, -0.05) is 46.6 Å². The lowest BCUT2D eigenvalue weighted by atomic mass is 10.2. The van der Waals surface area contributed by atoms with E-state index < -0.39 is 5.25 Å². The number of anilines is 1. The van der Waals surface area contributed by atoms with Gasteiger partial charge in [-0.05, 0) is 26.0 Å². The van der Waals surface area contributed by atoms with Gasteiger partial charge in [0.15, 0.2) is 5.17 Å². The van der Waals surface area contributed by atoms with Crippen molar-refractivity contribution in [2.75, 3.05) is 18.4 Å². The van der Waals surface area contributed by atoms with Crippen molar-refractivity contribution in [3.05, 3.63) is 27.2 Å². The summed E-state index contributed by atoms with van der Waals surface area (Å²) in [5.74, 6) is -0.431. The van der Waals surface area contributed by atoms with Crippen LogP contribution >= 0.6 is 46.6 Å². The third-order valence-electron chi connectivity index (χ3n) is 3.28. The monoisotopic (exact) mass is 407 g/mol. The van der Waals surface area contributed by atoms with E-state index in [0.717, 1.165) is 0 Å². The molecule has 1 aromatic carbocycles. The molecule has 0 saturated carbocycles. The number of nitrogens with one attached hydrogen (secondary N) is 1. The van der Waals surface area contributed by atoms with Crippen LogP contribution in [-0.2, 0) is 9.59 Å². The maximum atomic E-state index is 12.4. The van der Waals surface area contributed by atoms with Crippen molar-refractivity contribution in [3.8, 4) is 0 Å². The van der Waals surface area contributed by atoms with Crippen molar-refractivity contribution >= 4 is 69.2 Å². The highest BCUT2D eigenvalue weighted by molar-refractivity contribution is 8.15. The zero-order valence-electron chi connectivity index (χ0n) is 13.1. The number of amidine groups is 1. The van der Waals surface area contributed by atoms with Crippen LogP contribution in [0.15, 0.2) is 17.1 Å². The first-order valence-corrected chi connectivity index (χ1v) is 9.35. The topological polar surface area (TPSA) is 61.8 Å². The Morgan fingerprint density at radius 1 is 1.25 bits per heavy atom. The highest BCUT2D eigenvalue weighted by Gasteiger charge is 2.38. The van der Waals surface area contributed by atoms with E-state index in [-0.39, 0.29) is 28.3 Å². The van der Waals surface area contributed by atoms with Crippen molar-refractivity contribution in [2.45, 2.75) is 25.5 Å². The Morgan fingerprint density at radius 2 is 1.92 bits per heavy atom. The summed E-state index contributed by atoms with van der Waals surface area (Å²) in [5.41, 5.74) is 0.362. The molecule has 0 spiro atoms. The van der Waals surface area contributed by atoms with E-state index >= 15 is 0 Å². The third-order valence-corrected chi connectivity index (χ3v) is 5.53. The van der Waals surface area contributed by atoms with Gasteiger partial charge in [-0.3, -0.25) is 19.5 Å². The number of aliphatic imine (C=N–C) groups is 1. The van der Waals surface area contributed by atoms with E-state index in [9.17, 15) is 9.59 Å². The SMILES string of the molecule is CCN=C1S[C@@H](CC(=O)Nc2cc(Cl)c(Cl)cc2Cl)C(=O)N1CC. The van der Waals surface area contributed by atoms with Gasteiger partial charge in [-0.15, -0.1) is 0 Å². The molecule has 0 aliphatic carbocycles. The fraction of sp³-hybridized carbons (Fsp3) is 0.400. The number of amides is 2. The van der Waals surface area contributed by atoms with Crippen molar-refractivity contribution in [1.29, 1.82) is 0 Å². The summed E-state index contributed by atoms with van der Waals surface area (Å²) in [7, 11) is 0. The minimum absolute atomic E-state index is 0.0271. The molecular formula is C15H16Cl3N3O2S.